The number of thiocarbonyl (C=S) groups is 1. The second-order valence-corrected chi connectivity index (χ2v) is 6.15. The molecule has 0 radical (unpaired) electrons. The third kappa shape index (κ3) is 3.89. The SMILES string of the molecule is CCOC1CC(CC(=O)N2CCC(C(N)=S)CC2)C1. The highest BCUT2D eigenvalue weighted by molar-refractivity contribution is 7.80. The van der Waals surface area contributed by atoms with Crippen molar-refractivity contribution in [3.05, 3.63) is 0 Å². The first kappa shape index (κ1) is 14.7. The Hall–Kier alpha value is -0.680. The number of hydrogen-bond acceptors (Lipinski definition) is 3. The fourth-order valence-corrected chi connectivity index (χ4v) is 3.24. The maximum atomic E-state index is 12.2. The molecule has 5 heteroatoms. The van der Waals surface area contributed by atoms with Gasteiger partial charge >= 0.3 is 0 Å². The predicted octanol–water partition coefficient (Wildman–Crippen LogP) is 1.72. The van der Waals surface area contributed by atoms with Gasteiger partial charge in [-0.05, 0) is 38.5 Å². The van der Waals surface area contributed by atoms with Crippen LogP contribution < -0.4 is 5.73 Å². The molecule has 1 saturated carbocycles. The first-order valence-corrected chi connectivity index (χ1v) is 7.69. The Balaban J connectivity index is 1.67. The van der Waals surface area contributed by atoms with Gasteiger partial charge in [0.2, 0.25) is 5.91 Å². The number of rotatable bonds is 5. The van der Waals surface area contributed by atoms with Crippen molar-refractivity contribution < 1.29 is 9.53 Å². The lowest BCUT2D eigenvalue weighted by Crippen LogP contribution is -2.43. The smallest absolute Gasteiger partial charge is 0.222 e. The van der Waals surface area contributed by atoms with Crippen LogP contribution in [0.3, 0.4) is 0 Å². The molecule has 2 rings (SSSR count). The van der Waals surface area contributed by atoms with Crippen LogP contribution in [0.1, 0.15) is 39.0 Å². The monoisotopic (exact) mass is 284 g/mol. The Morgan fingerprint density at radius 3 is 2.53 bits per heavy atom. The zero-order valence-corrected chi connectivity index (χ0v) is 12.5. The second kappa shape index (κ2) is 6.66. The zero-order chi connectivity index (χ0) is 13.8. The van der Waals surface area contributed by atoms with Crippen molar-refractivity contribution in [2.75, 3.05) is 19.7 Å². The molecule has 1 aliphatic heterocycles. The first-order chi connectivity index (χ1) is 9.10. The molecular formula is C14H24N2O2S. The average Bonchev–Trinajstić information content (AvgIpc) is 2.36. The summed E-state index contributed by atoms with van der Waals surface area (Å²) < 4.78 is 5.52. The summed E-state index contributed by atoms with van der Waals surface area (Å²) in [7, 11) is 0. The summed E-state index contributed by atoms with van der Waals surface area (Å²) >= 11 is 5.02. The van der Waals surface area contributed by atoms with E-state index in [-0.39, 0.29) is 0 Å². The number of hydrogen-bond donors (Lipinski definition) is 1. The van der Waals surface area contributed by atoms with Crippen molar-refractivity contribution in [3.8, 4) is 0 Å². The van der Waals surface area contributed by atoms with Gasteiger partial charge in [0.25, 0.3) is 0 Å². The highest BCUT2D eigenvalue weighted by Gasteiger charge is 2.33. The molecular weight excluding hydrogens is 260 g/mol. The van der Waals surface area contributed by atoms with E-state index in [2.05, 4.69) is 0 Å². The minimum Gasteiger partial charge on any atom is -0.393 e. The van der Waals surface area contributed by atoms with Gasteiger partial charge < -0.3 is 15.4 Å². The van der Waals surface area contributed by atoms with Crippen LogP contribution in [0.25, 0.3) is 0 Å². The van der Waals surface area contributed by atoms with Crippen LogP contribution >= 0.6 is 12.2 Å². The minimum atomic E-state index is 0.293. The van der Waals surface area contributed by atoms with Crippen molar-refractivity contribution in [1.82, 2.24) is 4.90 Å². The summed E-state index contributed by atoms with van der Waals surface area (Å²) in [5, 5.41) is 0. The van der Waals surface area contributed by atoms with Crippen LogP contribution in [0.5, 0.6) is 0 Å². The fourth-order valence-electron chi connectivity index (χ4n) is 3.00. The van der Waals surface area contributed by atoms with Crippen LogP contribution in [0.2, 0.25) is 0 Å². The molecule has 108 valence electrons. The summed E-state index contributed by atoms with van der Waals surface area (Å²) in [5.74, 6) is 1.14. The van der Waals surface area contributed by atoms with Gasteiger partial charge in [-0.15, -0.1) is 0 Å². The molecule has 2 fully saturated rings. The summed E-state index contributed by atoms with van der Waals surface area (Å²) in [6.07, 6.45) is 5.01. The van der Waals surface area contributed by atoms with E-state index in [1.54, 1.807) is 0 Å². The van der Waals surface area contributed by atoms with E-state index in [1.807, 2.05) is 11.8 Å². The van der Waals surface area contributed by atoms with E-state index < -0.39 is 0 Å². The van der Waals surface area contributed by atoms with Crippen LogP contribution in [-0.2, 0) is 9.53 Å². The third-order valence-electron chi connectivity index (χ3n) is 4.31. The summed E-state index contributed by atoms with van der Waals surface area (Å²) in [6, 6.07) is 0. The molecule has 19 heavy (non-hydrogen) atoms. The number of carbonyl (C=O) groups is 1. The van der Waals surface area contributed by atoms with Crippen LogP contribution in [0.4, 0.5) is 0 Å². The lowest BCUT2D eigenvalue weighted by atomic mass is 9.79. The van der Waals surface area contributed by atoms with E-state index >= 15 is 0 Å². The number of likely N-dealkylation sites (tertiary alicyclic amines) is 1. The van der Waals surface area contributed by atoms with Gasteiger partial charge in [-0.2, -0.15) is 0 Å². The molecule has 0 aromatic heterocycles. The Morgan fingerprint density at radius 2 is 2.00 bits per heavy atom. The van der Waals surface area contributed by atoms with Gasteiger partial charge in [0, 0.05) is 32.0 Å². The van der Waals surface area contributed by atoms with Crippen molar-refractivity contribution in [3.63, 3.8) is 0 Å². The van der Waals surface area contributed by atoms with Gasteiger partial charge in [-0.25, -0.2) is 0 Å². The Morgan fingerprint density at radius 1 is 1.37 bits per heavy atom. The predicted molar refractivity (Wildman–Crippen MR) is 78.8 cm³/mol. The summed E-state index contributed by atoms with van der Waals surface area (Å²) in [6.45, 7) is 4.41. The molecule has 0 aromatic carbocycles. The largest absolute Gasteiger partial charge is 0.393 e. The molecule has 1 aliphatic carbocycles. The van der Waals surface area contributed by atoms with Gasteiger partial charge in [-0.3, -0.25) is 4.79 Å². The first-order valence-electron chi connectivity index (χ1n) is 7.28. The number of piperidine rings is 1. The van der Waals surface area contributed by atoms with E-state index in [0.29, 0.717) is 35.3 Å². The molecule has 1 heterocycles. The average molecular weight is 284 g/mol. The lowest BCUT2D eigenvalue weighted by Gasteiger charge is -2.37. The van der Waals surface area contributed by atoms with Gasteiger partial charge in [0.1, 0.15) is 0 Å². The molecule has 0 atom stereocenters. The number of nitrogens with zero attached hydrogens (tertiary/aromatic N) is 1. The Kier molecular flexibility index (Phi) is 5.16. The summed E-state index contributed by atoms with van der Waals surface area (Å²) in [5.41, 5.74) is 5.66. The topological polar surface area (TPSA) is 55.6 Å². The van der Waals surface area contributed by atoms with Crippen molar-refractivity contribution in [2.45, 2.75) is 45.1 Å². The maximum Gasteiger partial charge on any atom is 0.222 e. The number of ether oxygens (including phenoxy) is 1. The maximum absolute atomic E-state index is 12.2. The standard InChI is InChI=1S/C14H24N2O2S/c1-2-18-12-7-10(8-12)9-13(17)16-5-3-11(4-6-16)14(15)19/h10-12H,2-9H2,1H3,(H2,15,19). The van der Waals surface area contributed by atoms with Crippen molar-refractivity contribution in [2.24, 2.45) is 17.6 Å². The van der Waals surface area contributed by atoms with E-state index in [4.69, 9.17) is 22.7 Å². The van der Waals surface area contributed by atoms with Gasteiger partial charge in [0.15, 0.2) is 0 Å². The molecule has 0 unspecified atom stereocenters. The summed E-state index contributed by atoms with van der Waals surface area (Å²) in [4.78, 5) is 14.7. The molecule has 0 spiro atoms. The van der Waals surface area contributed by atoms with E-state index in [0.717, 1.165) is 45.4 Å². The molecule has 0 aromatic rings. The molecule has 2 aliphatic rings. The Labute approximate surface area is 120 Å². The number of carbonyl (C=O) groups excluding carboxylic acids is 1. The minimum absolute atomic E-state index is 0.293. The van der Waals surface area contributed by atoms with E-state index in [9.17, 15) is 4.79 Å². The highest BCUT2D eigenvalue weighted by atomic mass is 32.1. The molecule has 1 saturated heterocycles. The normalized spacial score (nSPS) is 27.9. The quantitative estimate of drug-likeness (QED) is 0.781. The van der Waals surface area contributed by atoms with Crippen LogP contribution in [0.15, 0.2) is 0 Å². The Bertz CT molecular complexity index is 334. The number of amides is 1. The lowest BCUT2D eigenvalue weighted by molar-refractivity contribution is -0.135. The van der Waals surface area contributed by atoms with Gasteiger partial charge in [0.05, 0.1) is 11.1 Å². The second-order valence-electron chi connectivity index (χ2n) is 5.68. The van der Waals surface area contributed by atoms with Crippen molar-refractivity contribution >= 4 is 23.1 Å². The third-order valence-corrected chi connectivity index (χ3v) is 4.64. The number of nitrogens with two attached hydrogens (primary N) is 1. The molecule has 0 bridgehead atoms. The van der Waals surface area contributed by atoms with Crippen LogP contribution in [-0.4, -0.2) is 41.6 Å². The fraction of sp³-hybridized carbons (Fsp3) is 0.857. The highest BCUT2D eigenvalue weighted by Crippen LogP contribution is 2.33. The van der Waals surface area contributed by atoms with Gasteiger partial charge in [-0.1, -0.05) is 12.2 Å². The molecule has 1 amide bonds. The molecule has 2 N–H and O–H groups in total. The zero-order valence-electron chi connectivity index (χ0n) is 11.6. The van der Waals surface area contributed by atoms with Crippen molar-refractivity contribution in [1.29, 1.82) is 0 Å². The van der Waals surface area contributed by atoms with E-state index in [1.165, 1.54) is 0 Å². The molecule has 4 nitrogen and oxygen atoms in total. The van der Waals surface area contributed by atoms with Crippen LogP contribution in [0, 0.1) is 11.8 Å².